The minimum absolute atomic E-state index is 0. The van der Waals surface area contributed by atoms with Crippen molar-refractivity contribution in [2.75, 3.05) is 7.11 Å². The van der Waals surface area contributed by atoms with Crippen molar-refractivity contribution in [1.29, 1.82) is 0 Å². The van der Waals surface area contributed by atoms with E-state index in [1.165, 1.54) is 37.5 Å². The summed E-state index contributed by atoms with van der Waals surface area (Å²) in [5.41, 5.74) is 1.03. The molecule has 0 unspecified atom stereocenters. The largest absolute Gasteiger partial charge is 1.00 e. The van der Waals surface area contributed by atoms with Gasteiger partial charge in [0.2, 0.25) is 0 Å². The third-order valence-electron chi connectivity index (χ3n) is 2.94. The summed E-state index contributed by atoms with van der Waals surface area (Å²) in [4.78, 5) is 12.0. The van der Waals surface area contributed by atoms with Crippen LogP contribution in [0.2, 0.25) is 5.02 Å². The molecule has 0 aromatic heterocycles. The van der Waals surface area contributed by atoms with Crippen molar-refractivity contribution in [1.82, 2.24) is 0 Å². The average molecular weight is 391 g/mol. The van der Waals surface area contributed by atoms with Gasteiger partial charge in [-0.25, -0.2) is 8.42 Å². The maximum atomic E-state index is 12.0. The van der Waals surface area contributed by atoms with Crippen molar-refractivity contribution in [2.45, 2.75) is 0 Å². The van der Waals surface area contributed by atoms with Gasteiger partial charge in [0.05, 0.1) is 7.11 Å². The molecule has 0 saturated heterocycles. The molecule has 0 heterocycles. The van der Waals surface area contributed by atoms with E-state index in [-0.39, 0.29) is 46.8 Å². The first-order valence-corrected chi connectivity index (χ1v) is 8.31. The minimum atomic E-state index is -4.90. The molecule has 0 aliphatic carbocycles. The molecule has 126 valence electrons. The summed E-state index contributed by atoms with van der Waals surface area (Å²) < 4.78 is 41.2. The van der Waals surface area contributed by atoms with Crippen molar-refractivity contribution in [3.8, 4) is 11.5 Å². The van der Waals surface area contributed by atoms with Crippen LogP contribution < -0.4 is 38.5 Å². The molecule has 25 heavy (non-hydrogen) atoms. The molecule has 0 atom stereocenters. The fourth-order valence-electron chi connectivity index (χ4n) is 1.85. The van der Waals surface area contributed by atoms with Crippen LogP contribution >= 0.6 is 11.6 Å². The van der Waals surface area contributed by atoms with Gasteiger partial charge in [-0.15, -0.1) is 0 Å². The van der Waals surface area contributed by atoms with Crippen molar-refractivity contribution < 1.29 is 56.2 Å². The van der Waals surface area contributed by atoms with Gasteiger partial charge in [-0.05, 0) is 48.0 Å². The molecule has 2 aromatic rings. The molecule has 0 N–H and O–H groups in total. The van der Waals surface area contributed by atoms with E-state index in [1.807, 2.05) is 0 Å². The number of ketones is 1. The number of carbonyl (C=O) groups is 1. The van der Waals surface area contributed by atoms with Crippen LogP contribution in [-0.4, -0.2) is 25.9 Å². The molecule has 9 heteroatoms. The van der Waals surface area contributed by atoms with Gasteiger partial charge in [-0.3, -0.25) is 4.79 Å². The Morgan fingerprint density at radius 1 is 1.12 bits per heavy atom. The second-order valence-corrected chi connectivity index (χ2v) is 6.03. The predicted molar refractivity (Wildman–Crippen MR) is 88.1 cm³/mol. The maximum Gasteiger partial charge on any atom is 1.00 e. The van der Waals surface area contributed by atoms with E-state index in [9.17, 15) is 17.8 Å². The maximum absolute atomic E-state index is 12.0. The molecule has 0 aliphatic rings. The van der Waals surface area contributed by atoms with Crippen molar-refractivity contribution in [3.63, 3.8) is 0 Å². The Bertz CT molecular complexity index is 878. The second kappa shape index (κ2) is 9.38. The molecule has 0 radical (unpaired) electrons. The van der Waals surface area contributed by atoms with Gasteiger partial charge in [0.15, 0.2) is 17.3 Å². The van der Waals surface area contributed by atoms with E-state index in [2.05, 4.69) is 4.18 Å². The Labute approximate surface area is 172 Å². The summed E-state index contributed by atoms with van der Waals surface area (Å²) >= 11 is 5.76. The zero-order valence-corrected chi connectivity index (χ0v) is 17.0. The molecule has 0 aliphatic heterocycles. The van der Waals surface area contributed by atoms with Gasteiger partial charge in [0.25, 0.3) is 10.4 Å². The Hall–Kier alpha value is -1.35. The average Bonchev–Trinajstić information content (AvgIpc) is 2.53. The van der Waals surface area contributed by atoms with E-state index in [0.29, 0.717) is 16.1 Å². The normalized spacial score (nSPS) is 11.0. The van der Waals surface area contributed by atoms with Crippen LogP contribution in [0.3, 0.4) is 0 Å². The smallest absolute Gasteiger partial charge is 0.716 e. The fraction of sp³-hybridized carbons (Fsp3) is 0.0625. The van der Waals surface area contributed by atoms with Crippen molar-refractivity contribution >= 4 is 33.9 Å². The fourth-order valence-corrected chi connectivity index (χ4v) is 2.33. The number of rotatable bonds is 6. The van der Waals surface area contributed by atoms with Crippen LogP contribution in [0, 0.1) is 0 Å². The van der Waals surface area contributed by atoms with Gasteiger partial charge in [0, 0.05) is 10.6 Å². The van der Waals surface area contributed by atoms with Gasteiger partial charge in [-0.2, -0.15) is 0 Å². The molecule has 0 amide bonds. The molecule has 0 bridgehead atoms. The van der Waals surface area contributed by atoms with E-state index in [4.69, 9.17) is 16.3 Å². The van der Waals surface area contributed by atoms with E-state index < -0.39 is 10.4 Å². The third-order valence-corrected chi connectivity index (χ3v) is 3.57. The van der Waals surface area contributed by atoms with Gasteiger partial charge >= 0.3 is 29.6 Å². The van der Waals surface area contributed by atoms with Crippen LogP contribution in [0.1, 0.15) is 15.9 Å². The van der Waals surface area contributed by atoms with Crippen molar-refractivity contribution in [3.05, 3.63) is 64.7 Å². The molecule has 0 fully saturated rings. The second-order valence-electron chi connectivity index (χ2n) is 4.61. The minimum Gasteiger partial charge on any atom is -0.716 e. The quantitative estimate of drug-likeness (QED) is 0.228. The zero-order valence-electron chi connectivity index (χ0n) is 13.4. The number of carbonyl (C=O) groups excluding carboxylic acids is 1. The van der Waals surface area contributed by atoms with Crippen LogP contribution in [0.5, 0.6) is 11.5 Å². The van der Waals surface area contributed by atoms with E-state index in [0.717, 1.165) is 0 Å². The molecular formula is C16H12ClNaO6S. The number of hydrogen-bond acceptors (Lipinski definition) is 6. The van der Waals surface area contributed by atoms with E-state index >= 15 is 0 Å². The first kappa shape index (κ1) is 21.7. The number of allylic oxidation sites excluding steroid dienone is 1. The first-order chi connectivity index (χ1) is 11.3. The SMILES string of the molecule is COc1cc(/C=C/C(=O)c2ccc(Cl)cc2)ccc1OS(=O)(=O)[O-].[Na+]. The van der Waals surface area contributed by atoms with Gasteiger partial charge < -0.3 is 13.5 Å². The zero-order chi connectivity index (χ0) is 17.7. The summed E-state index contributed by atoms with van der Waals surface area (Å²) in [5, 5.41) is 0.532. The topological polar surface area (TPSA) is 92.7 Å². The van der Waals surface area contributed by atoms with Crippen LogP contribution in [-0.2, 0) is 10.4 Å². The Kier molecular flexibility index (Phi) is 8.14. The molecule has 0 spiro atoms. The number of halogens is 1. The Balaban J connectivity index is 0.00000312. The monoisotopic (exact) mass is 390 g/mol. The van der Waals surface area contributed by atoms with Crippen LogP contribution in [0.4, 0.5) is 0 Å². The Morgan fingerprint density at radius 3 is 2.32 bits per heavy atom. The Morgan fingerprint density at radius 2 is 1.76 bits per heavy atom. The van der Waals surface area contributed by atoms with Crippen LogP contribution in [0.15, 0.2) is 48.5 Å². The number of methoxy groups -OCH3 is 1. The predicted octanol–water partition coefficient (Wildman–Crippen LogP) is 0.0877. The number of hydrogen-bond donors (Lipinski definition) is 0. The van der Waals surface area contributed by atoms with E-state index in [1.54, 1.807) is 24.3 Å². The summed E-state index contributed by atoms with van der Waals surface area (Å²) in [5.74, 6) is -0.405. The standard InChI is InChI=1S/C16H13ClO6S.Na/c1-22-16-10-11(3-9-15(16)23-24(19,20)21)2-8-14(18)12-4-6-13(17)7-5-12;/h2-10H,1H3,(H,19,20,21);/q;+1/p-1/b8-2+;. The summed E-state index contributed by atoms with van der Waals surface area (Å²) in [6.07, 6.45) is 2.87. The summed E-state index contributed by atoms with van der Waals surface area (Å²) in [7, 11) is -3.60. The van der Waals surface area contributed by atoms with Gasteiger partial charge in [0.1, 0.15) is 0 Å². The molecule has 6 nitrogen and oxygen atoms in total. The molecule has 2 rings (SSSR count). The molecule has 0 saturated carbocycles. The van der Waals surface area contributed by atoms with Crippen molar-refractivity contribution in [2.24, 2.45) is 0 Å². The van der Waals surface area contributed by atoms with Crippen LogP contribution in [0.25, 0.3) is 6.08 Å². The molecular weight excluding hydrogens is 379 g/mol. The number of ether oxygens (including phenoxy) is 1. The number of benzene rings is 2. The third kappa shape index (κ3) is 6.81. The summed E-state index contributed by atoms with van der Waals surface area (Å²) in [6, 6.07) is 10.6. The molecule has 2 aromatic carbocycles. The summed E-state index contributed by atoms with van der Waals surface area (Å²) in [6.45, 7) is 0. The van der Waals surface area contributed by atoms with Gasteiger partial charge in [-0.1, -0.05) is 23.7 Å². The first-order valence-electron chi connectivity index (χ1n) is 6.60.